The van der Waals surface area contributed by atoms with Gasteiger partial charge >= 0.3 is 5.97 Å². The normalized spacial score (nSPS) is 18.0. The van der Waals surface area contributed by atoms with Gasteiger partial charge in [0.05, 0.1) is 5.56 Å². The Balaban J connectivity index is 1.42. The second-order valence-electron chi connectivity index (χ2n) is 8.14. The summed E-state index contributed by atoms with van der Waals surface area (Å²) in [6.07, 6.45) is 0.918. The molecule has 3 aromatic rings. The Bertz CT molecular complexity index is 1250. The lowest BCUT2D eigenvalue weighted by Gasteiger charge is -2.29. The van der Waals surface area contributed by atoms with Gasteiger partial charge in [-0.1, -0.05) is 12.1 Å². The fourth-order valence-corrected chi connectivity index (χ4v) is 4.19. The zero-order valence-electron chi connectivity index (χ0n) is 17.6. The van der Waals surface area contributed by atoms with Gasteiger partial charge in [0.25, 0.3) is 0 Å². The van der Waals surface area contributed by atoms with Gasteiger partial charge in [-0.15, -0.1) is 0 Å². The van der Waals surface area contributed by atoms with Crippen LogP contribution in [0.5, 0.6) is 11.5 Å². The summed E-state index contributed by atoms with van der Waals surface area (Å²) in [6, 6.07) is 7.62. The summed E-state index contributed by atoms with van der Waals surface area (Å²) in [6.45, 7) is 0. The van der Waals surface area contributed by atoms with Crippen LogP contribution >= 0.6 is 0 Å². The number of esters is 1. The van der Waals surface area contributed by atoms with Crippen molar-refractivity contribution in [3.05, 3.63) is 82.7 Å². The molecule has 178 valence electrons. The van der Waals surface area contributed by atoms with Crippen LogP contribution in [-0.4, -0.2) is 22.3 Å². The molecule has 0 bridgehead atoms. The van der Waals surface area contributed by atoms with Gasteiger partial charge in [0.1, 0.15) is 11.9 Å². The number of ether oxygens (including phenoxy) is 1. The Kier molecular flexibility index (Phi) is 6.45. The highest BCUT2D eigenvalue weighted by Crippen LogP contribution is 2.37. The summed E-state index contributed by atoms with van der Waals surface area (Å²) in [5.41, 5.74) is -0.573. The number of phenols is 2. The first-order valence-electron chi connectivity index (χ1n) is 10.5. The van der Waals surface area contributed by atoms with Gasteiger partial charge in [-0.05, 0) is 73.1 Å². The van der Waals surface area contributed by atoms with E-state index >= 15 is 0 Å². The molecule has 0 atom stereocenters. The number of rotatable bonds is 4. The van der Waals surface area contributed by atoms with Gasteiger partial charge in [0, 0.05) is 5.56 Å². The minimum Gasteiger partial charge on any atom is -0.505 e. The van der Waals surface area contributed by atoms with Gasteiger partial charge in [0.15, 0.2) is 23.1 Å². The van der Waals surface area contributed by atoms with Crippen molar-refractivity contribution >= 4 is 5.97 Å². The molecule has 1 aliphatic rings. The standard InChI is InChI=1S/C25H19F5O4/c26-18-11-13(16-8-10-20(32)24(30)22(16)28)3-6-17(18)25(33)34-14-4-1-12(2-5-14)15-7-9-19(31)23(29)21(15)27/h3,6-12,14,31-32H,1-2,4-5H2. The van der Waals surface area contributed by atoms with Gasteiger partial charge < -0.3 is 14.9 Å². The van der Waals surface area contributed by atoms with Crippen LogP contribution in [0.2, 0.25) is 0 Å². The van der Waals surface area contributed by atoms with Crippen molar-refractivity contribution in [2.75, 3.05) is 0 Å². The molecule has 0 radical (unpaired) electrons. The van der Waals surface area contributed by atoms with Crippen molar-refractivity contribution in [3.8, 4) is 22.6 Å². The molecule has 0 aromatic heterocycles. The van der Waals surface area contributed by atoms with Crippen LogP contribution in [0.15, 0.2) is 42.5 Å². The van der Waals surface area contributed by atoms with E-state index < -0.39 is 58.2 Å². The van der Waals surface area contributed by atoms with Crippen LogP contribution in [-0.2, 0) is 4.74 Å². The molecule has 0 amide bonds. The first-order valence-corrected chi connectivity index (χ1v) is 10.5. The molecular weight excluding hydrogens is 459 g/mol. The summed E-state index contributed by atoms with van der Waals surface area (Å²) in [5.74, 6) is -9.12. The van der Waals surface area contributed by atoms with Crippen LogP contribution in [0.4, 0.5) is 22.0 Å². The van der Waals surface area contributed by atoms with Crippen molar-refractivity contribution in [3.63, 3.8) is 0 Å². The Morgan fingerprint density at radius 1 is 0.765 bits per heavy atom. The predicted molar refractivity (Wildman–Crippen MR) is 112 cm³/mol. The quantitative estimate of drug-likeness (QED) is 0.339. The third-order valence-corrected chi connectivity index (χ3v) is 6.04. The van der Waals surface area contributed by atoms with Crippen LogP contribution in [0, 0.1) is 29.1 Å². The lowest BCUT2D eigenvalue weighted by atomic mass is 9.82. The van der Waals surface area contributed by atoms with Crippen LogP contribution in [0.25, 0.3) is 11.1 Å². The van der Waals surface area contributed by atoms with E-state index in [1.807, 2.05) is 0 Å². The average Bonchev–Trinajstić information content (AvgIpc) is 2.82. The van der Waals surface area contributed by atoms with Crippen LogP contribution in [0.3, 0.4) is 0 Å². The first-order chi connectivity index (χ1) is 16.2. The van der Waals surface area contributed by atoms with E-state index in [1.54, 1.807) is 0 Å². The molecule has 3 aromatic carbocycles. The predicted octanol–water partition coefficient (Wildman–Crippen LogP) is 6.34. The summed E-state index contributed by atoms with van der Waals surface area (Å²) < 4.78 is 75.4. The molecule has 2 N–H and O–H groups in total. The minimum absolute atomic E-state index is 0.0332. The van der Waals surface area contributed by atoms with Gasteiger partial charge in [-0.3, -0.25) is 0 Å². The van der Waals surface area contributed by atoms with Crippen molar-refractivity contribution in [1.82, 2.24) is 0 Å². The van der Waals surface area contributed by atoms with E-state index in [4.69, 9.17) is 4.74 Å². The maximum Gasteiger partial charge on any atom is 0.341 e. The monoisotopic (exact) mass is 478 g/mol. The Labute approximate surface area is 191 Å². The van der Waals surface area contributed by atoms with Crippen molar-refractivity contribution in [2.45, 2.75) is 37.7 Å². The molecule has 0 spiro atoms. The Morgan fingerprint density at radius 2 is 1.38 bits per heavy atom. The largest absolute Gasteiger partial charge is 0.505 e. The minimum atomic E-state index is -1.47. The summed E-state index contributed by atoms with van der Waals surface area (Å²) >= 11 is 0. The third kappa shape index (κ3) is 4.42. The second kappa shape index (κ2) is 9.32. The summed E-state index contributed by atoms with van der Waals surface area (Å²) in [4.78, 5) is 12.5. The van der Waals surface area contributed by atoms with E-state index in [0.29, 0.717) is 25.7 Å². The van der Waals surface area contributed by atoms with E-state index in [1.165, 1.54) is 12.1 Å². The van der Waals surface area contributed by atoms with E-state index in [0.717, 1.165) is 30.3 Å². The number of benzene rings is 3. The van der Waals surface area contributed by atoms with Crippen molar-refractivity contribution in [1.29, 1.82) is 0 Å². The number of phenolic OH excluding ortho intramolecular Hbond substituents is 2. The van der Waals surface area contributed by atoms with E-state index in [-0.39, 0.29) is 22.6 Å². The van der Waals surface area contributed by atoms with Crippen molar-refractivity contribution < 1.29 is 41.7 Å². The molecule has 4 nitrogen and oxygen atoms in total. The highest BCUT2D eigenvalue weighted by Gasteiger charge is 2.29. The maximum absolute atomic E-state index is 14.6. The SMILES string of the molecule is O=C(OC1CCC(c2ccc(O)c(F)c2F)CC1)c1ccc(-c2ccc(O)c(F)c2F)cc1F. The molecular formula is C25H19F5O4. The number of hydrogen-bond donors (Lipinski definition) is 2. The summed E-state index contributed by atoms with van der Waals surface area (Å²) in [5, 5.41) is 18.5. The van der Waals surface area contributed by atoms with Gasteiger partial charge in [0.2, 0.25) is 11.6 Å². The van der Waals surface area contributed by atoms with Crippen LogP contribution in [0.1, 0.15) is 47.5 Å². The lowest BCUT2D eigenvalue weighted by molar-refractivity contribution is 0.0189. The number of halogens is 5. The number of carbonyl (C=O) groups is 1. The third-order valence-electron chi connectivity index (χ3n) is 6.04. The Hall–Kier alpha value is -3.62. The van der Waals surface area contributed by atoms with Gasteiger partial charge in [-0.2, -0.15) is 8.78 Å². The van der Waals surface area contributed by atoms with E-state index in [9.17, 15) is 37.0 Å². The number of carbonyl (C=O) groups excluding carboxylic acids is 1. The zero-order chi connectivity index (χ0) is 24.6. The molecule has 34 heavy (non-hydrogen) atoms. The number of hydrogen-bond acceptors (Lipinski definition) is 4. The average molecular weight is 478 g/mol. The molecule has 0 heterocycles. The molecule has 0 unspecified atom stereocenters. The van der Waals surface area contributed by atoms with Crippen LogP contribution < -0.4 is 0 Å². The second-order valence-corrected chi connectivity index (χ2v) is 8.14. The highest BCUT2D eigenvalue weighted by molar-refractivity contribution is 5.90. The van der Waals surface area contributed by atoms with E-state index in [2.05, 4.69) is 0 Å². The smallest absolute Gasteiger partial charge is 0.341 e. The highest BCUT2D eigenvalue weighted by atomic mass is 19.2. The molecule has 1 saturated carbocycles. The zero-order valence-corrected chi connectivity index (χ0v) is 17.6. The van der Waals surface area contributed by atoms with Crippen molar-refractivity contribution in [2.24, 2.45) is 0 Å². The Morgan fingerprint density at radius 3 is 2.03 bits per heavy atom. The number of aromatic hydroxyl groups is 2. The fraction of sp³-hybridized carbons (Fsp3) is 0.240. The molecule has 0 saturated heterocycles. The fourth-order valence-electron chi connectivity index (χ4n) is 4.19. The maximum atomic E-state index is 14.6. The topological polar surface area (TPSA) is 66.8 Å². The molecule has 0 aliphatic heterocycles. The van der Waals surface area contributed by atoms with Gasteiger partial charge in [-0.25, -0.2) is 18.0 Å². The summed E-state index contributed by atoms with van der Waals surface area (Å²) in [7, 11) is 0. The molecule has 4 rings (SSSR count). The molecule has 9 heteroatoms. The molecule has 1 aliphatic carbocycles. The first kappa shape index (κ1) is 23.5. The lowest BCUT2D eigenvalue weighted by Crippen LogP contribution is -2.24. The molecule has 1 fully saturated rings.